The second-order valence-corrected chi connectivity index (χ2v) is 10.1. The van der Waals surface area contributed by atoms with Crippen molar-refractivity contribution in [2.75, 3.05) is 4.90 Å². The van der Waals surface area contributed by atoms with Crippen molar-refractivity contribution in [3.8, 4) is 10.6 Å². The standard InChI is InChI=1S/C25H27N3O2S/c1-15-7-12-20-22(13-15)31-24(27-20)17-8-10-18(11-9-17)28-23(29)14-21(25(28)30)26-19-6-4-3-5-16(19)2/h7-13,16,19,21,26H,3-6,14H2,1-2H3/p+1/t16-,19-,21+/m0/s1. The highest BCUT2D eigenvalue weighted by Gasteiger charge is 2.44. The first-order valence-electron chi connectivity index (χ1n) is 11.2. The van der Waals surface area contributed by atoms with E-state index >= 15 is 0 Å². The lowest BCUT2D eigenvalue weighted by Gasteiger charge is -2.28. The number of amides is 2. The van der Waals surface area contributed by atoms with Crippen LogP contribution in [0.1, 0.15) is 44.6 Å². The molecule has 5 rings (SSSR count). The SMILES string of the molecule is Cc1ccc2nc(-c3ccc(N4C(=O)C[C@@H]([NH2+][C@H]5CCCC[C@@H]5C)C4=O)cc3)sc2c1. The molecule has 2 aliphatic rings. The van der Waals surface area contributed by atoms with Gasteiger partial charge in [0.05, 0.1) is 28.4 Å². The highest BCUT2D eigenvalue weighted by Crippen LogP contribution is 2.32. The maximum absolute atomic E-state index is 13.1. The lowest BCUT2D eigenvalue weighted by atomic mass is 9.85. The van der Waals surface area contributed by atoms with Crippen LogP contribution in [0, 0.1) is 12.8 Å². The summed E-state index contributed by atoms with van der Waals surface area (Å²) in [5.41, 5.74) is 3.87. The number of aryl methyl sites for hydroxylation is 1. The quantitative estimate of drug-likeness (QED) is 0.630. The number of carbonyl (C=O) groups is 2. The molecule has 160 valence electrons. The fourth-order valence-corrected chi connectivity index (χ4v) is 5.98. The van der Waals surface area contributed by atoms with E-state index in [9.17, 15) is 9.59 Å². The summed E-state index contributed by atoms with van der Waals surface area (Å²) in [6.45, 7) is 4.35. The number of imide groups is 1. The summed E-state index contributed by atoms with van der Waals surface area (Å²) < 4.78 is 1.17. The zero-order valence-electron chi connectivity index (χ0n) is 18.0. The monoisotopic (exact) mass is 434 g/mol. The first kappa shape index (κ1) is 20.3. The fraction of sp³-hybridized carbons (Fsp3) is 0.400. The van der Waals surface area contributed by atoms with Gasteiger partial charge in [-0.25, -0.2) is 9.88 Å². The lowest BCUT2D eigenvalue weighted by Crippen LogP contribution is -2.97. The van der Waals surface area contributed by atoms with Crippen LogP contribution in [0.25, 0.3) is 20.8 Å². The maximum Gasteiger partial charge on any atom is 0.292 e. The minimum Gasteiger partial charge on any atom is -0.333 e. The average Bonchev–Trinajstić information content (AvgIpc) is 3.30. The third-order valence-corrected chi connectivity index (χ3v) is 7.82. The Kier molecular flexibility index (Phi) is 5.36. The molecule has 1 saturated heterocycles. The number of benzene rings is 2. The van der Waals surface area contributed by atoms with Crippen molar-refractivity contribution in [3.63, 3.8) is 0 Å². The second-order valence-electron chi connectivity index (χ2n) is 9.03. The van der Waals surface area contributed by atoms with Gasteiger partial charge in [-0.1, -0.05) is 19.4 Å². The Balaban J connectivity index is 1.33. The predicted molar refractivity (Wildman–Crippen MR) is 124 cm³/mol. The van der Waals surface area contributed by atoms with Gasteiger partial charge in [0.2, 0.25) is 5.91 Å². The first-order valence-corrected chi connectivity index (χ1v) is 12.0. The fourth-order valence-electron chi connectivity index (χ4n) is 4.91. The molecule has 0 spiro atoms. The summed E-state index contributed by atoms with van der Waals surface area (Å²) in [4.78, 5) is 31.9. The normalized spacial score (nSPS) is 24.3. The van der Waals surface area contributed by atoms with E-state index in [2.05, 4.69) is 31.3 Å². The Bertz CT molecular complexity index is 1140. The van der Waals surface area contributed by atoms with E-state index in [1.165, 1.54) is 34.4 Å². The Morgan fingerprint density at radius 2 is 1.84 bits per heavy atom. The van der Waals surface area contributed by atoms with E-state index in [4.69, 9.17) is 4.98 Å². The van der Waals surface area contributed by atoms with E-state index in [1.54, 1.807) is 11.3 Å². The largest absolute Gasteiger partial charge is 0.333 e. The molecule has 0 unspecified atom stereocenters. The second kappa shape index (κ2) is 8.17. The molecule has 2 heterocycles. The van der Waals surface area contributed by atoms with Crippen molar-refractivity contribution in [2.24, 2.45) is 5.92 Å². The Labute approximate surface area is 186 Å². The Morgan fingerprint density at radius 3 is 2.61 bits per heavy atom. The van der Waals surface area contributed by atoms with Crippen LogP contribution < -0.4 is 10.2 Å². The minimum absolute atomic E-state index is 0.0778. The number of thiazole rings is 1. The molecule has 2 amide bonds. The van der Waals surface area contributed by atoms with Gasteiger partial charge in [0.25, 0.3) is 5.91 Å². The summed E-state index contributed by atoms with van der Waals surface area (Å²) in [5.74, 6) is 0.423. The van der Waals surface area contributed by atoms with Crippen LogP contribution in [-0.2, 0) is 9.59 Å². The number of anilines is 1. The van der Waals surface area contributed by atoms with Gasteiger partial charge in [0, 0.05) is 11.5 Å². The molecule has 2 fully saturated rings. The van der Waals surface area contributed by atoms with Crippen molar-refractivity contribution >= 4 is 39.1 Å². The molecule has 0 bridgehead atoms. The number of hydrogen-bond acceptors (Lipinski definition) is 4. The van der Waals surface area contributed by atoms with Crippen molar-refractivity contribution in [1.29, 1.82) is 0 Å². The molecule has 6 heteroatoms. The van der Waals surface area contributed by atoms with E-state index in [-0.39, 0.29) is 17.9 Å². The maximum atomic E-state index is 13.1. The van der Waals surface area contributed by atoms with Crippen LogP contribution in [0.5, 0.6) is 0 Å². The van der Waals surface area contributed by atoms with E-state index < -0.39 is 0 Å². The number of nitrogens with zero attached hydrogens (tertiary/aromatic N) is 2. The molecule has 3 atom stereocenters. The minimum atomic E-state index is -0.287. The molecule has 1 aliphatic carbocycles. The van der Waals surface area contributed by atoms with Crippen LogP contribution in [0.15, 0.2) is 42.5 Å². The van der Waals surface area contributed by atoms with Gasteiger partial charge in [-0.05, 0) is 68.1 Å². The lowest BCUT2D eigenvalue weighted by molar-refractivity contribution is -0.715. The van der Waals surface area contributed by atoms with Crippen molar-refractivity contribution in [3.05, 3.63) is 48.0 Å². The number of nitrogens with two attached hydrogens (primary N) is 1. The summed E-state index contributed by atoms with van der Waals surface area (Å²) >= 11 is 1.66. The number of carbonyl (C=O) groups excluding carboxylic acids is 2. The molecular weight excluding hydrogens is 406 g/mol. The number of rotatable bonds is 4. The van der Waals surface area contributed by atoms with Gasteiger partial charge < -0.3 is 5.32 Å². The third-order valence-electron chi connectivity index (χ3n) is 6.76. The van der Waals surface area contributed by atoms with Crippen LogP contribution in [0.3, 0.4) is 0 Å². The Hall–Kier alpha value is -2.57. The van der Waals surface area contributed by atoms with Crippen molar-refractivity contribution in [2.45, 2.75) is 58.0 Å². The van der Waals surface area contributed by atoms with E-state index in [0.29, 0.717) is 24.1 Å². The molecule has 2 aromatic carbocycles. The predicted octanol–water partition coefficient (Wildman–Crippen LogP) is 4.05. The zero-order valence-corrected chi connectivity index (χ0v) is 18.8. The smallest absolute Gasteiger partial charge is 0.292 e. The van der Waals surface area contributed by atoms with Crippen molar-refractivity contribution < 1.29 is 14.9 Å². The summed E-state index contributed by atoms with van der Waals surface area (Å²) in [5, 5.41) is 3.12. The van der Waals surface area contributed by atoms with Crippen LogP contribution in [-0.4, -0.2) is 28.9 Å². The first-order chi connectivity index (χ1) is 15.0. The van der Waals surface area contributed by atoms with Gasteiger partial charge in [-0.15, -0.1) is 11.3 Å². The van der Waals surface area contributed by atoms with Gasteiger partial charge in [-0.2, -0.15) is 0 Å². The van der Waals surface area contributed by atoms with Crippen LogP contribution in [0.2, 0.25) is 0 Å². The van der Waals surface area contributed by atoms with Crippen LogP contribution in [0.4, 0.5) is 5.69 Å². The van der Waals surface area contributed by atoms with Crippen LogP contribution >= 0.6 is 11.3 Å². The molecule has 1 aromatic heterocycles. The van der Waals surface area contributed by atoms with E-state index in [0.717, 1.165) is 22.5 Å². The molecule has 5 nitrogen and oxygen atoms in total. The highest BCUT2D eigenvalue weighted by atomic mass is 32.1. The topological polar surface area (TPSA) is 66.9 Å². The van der Waals surface area contributed by atoms with Crippen molar-refractivity contribution in [1.82, 2.24) is 4.98 Å². The van der Waals surface area contributed by atoms with E-state index in [1.807, 2.05) is 30.3 Å². The zero-order chi connectivity index (χ0) is 21.5. The number of aromatic nitrogens is 1. The summed E-state index contributed by atoms with van der Waals surface area (Å²) in [6.07, 6.45) is 5.13. The Morgan fingerprint density at radius 1 is 1.06 bits per heavy atom. The summed E-state index contributed by atoms with van der Waals surface area (Å²) in [7, 11) is 0. The van der Waals surface area contributed by atoms with Gasteiger partial charge >= 0.3 is 0 Å². The van der Waals surface area contributed by atoms with Gasteiger partial charge in [0.15, 0.2) is 6.04 Å². The molecule has 31 heavy (non-hydrogen) atoms. The van der Waals surface area contributed by atoms with Gasteiger partial charge in [0.1, 0.15) is 5.01 Å². The highest BCUT2D eigenvalue weighted by molar-refractivity contribution is 7.21. The average molecular weight is 435 g/mol. The number of hydrogen-bond donors (Lipinski definition) is 1. The molecule has 3 aromatic rings. The van der Waals surface area contributed by atoms with Gasteiger partial charge in [-0.3, -0.25) is 9.59 Å². The number of fused-ring (bicyclic) bond motifs is 1. The summed E-state index contributed by atoms with van der Waals surface area (Å²) in [6, 6.07) is 14.1. The third kappa shape index (κ3) is 3.90. The molecule has 2 N–H and O–H groups in total. The molecule has 0 radical (unpaired) electrons. The molecule has 1 saturated carbocycles. The molecule has 1 aliphatic heterocycles. The number of quaternary nitrogens is 1. The molecular formula is C25H28N3O2S+.